The van der Waals surface area contributed by atoms with Crippen molar-refractivity contribution in [3.05, 3.63) is 29.8 Å². The maximum absolute atomic E-state index is 12.3. The summed E-state index contributed by atoms with van der Waals surface area (Å²) in [5.41, 5.74) is 1.09. The van der Waals surface area contributed by atoms with E-state index in [2.05, 4.69) is 26.1 Å². The van der Waals surface area contributed by atoms with Crippen LogP contribution in [0.1, 0.15) is 39.2 Å². The minimum Gasteiger partial charge on any atom is -0.389 e. The van der Waals surface area contributed by atoms with Gasteiger partial charge in [0.25, 0.3) is 0 Å². The smallest absolute Gasteiger partial charge is 0.321 e. The van der Waals surface area contributed by atoms with E-state index in [1.165, 1.54) is 0 Å². The van der Waals surface area contributed by atoms with Crippen molar-refractivity contribution in [1.29, 1.82) is 0 Å². The van der Waals surface area contributed by atoms with E-state index in [4.69, 9.17) is 0 Å². The Balaban J connectivity index is 1.95. The summed E-state index contributed by atoms with van der Waals surface area (Å²) in [6, 6.07) is 7.68. The Kier molecular flexibility index (Phi) is 4.28. The number of carbonyl (C=O) groups excluding carboxylic acids is 1. The Bertz CT molecular complexity index is 512. The van der Waals surface area contributed by atoms with Crippen LogP contribution in [0.3, 0.4) is 0 Å². The molecule has 21 heavy (non-hydrogen) atoms. The van der Waals surface area contributed by atoms with Crippen molar-refractivity contribution in [3.8, 4) is 0 Å². The summed E-state index contributed by atoms with van der Waals surface area (Å²) in [5.74, 6) is 0. The third-order valence-electron chi connectivity index (χ3n) is 4.54. The van der Waals surface area contributed by atoms with Gasteiger partial charge in [-0.2, -0.15) is 0 Å². The van der Waals surface area contributed by atoms with Gasteiger partial charge in [0.15, 0.2) is 0 Å². The Hall–Kier alpha value is -1.55. The number of nitrogens with zero attached hydrogens (tertiary/aromatic N) is 1. The molecule has 0 bridgehead atoms. The number of hydrogen-bond donors (Lipinski definition) is 2. The van der Waals surface area contributed by atoms with Crippen LogP contribution in [-0.4, -0.2) is 34.7 Å². The third-order valence-corrected chi connectivity index (χ3v) is 4.54. The number of aryl methyl sites for hydroxylation is 1. The molecule has 2 rings (SSSR count). The molecule has 1 heterocycles. The van der Waals surface area contributed by atoms with Gasteiger partial charge in [-0.05, 0) is 42.9 Å². The molecule has 1 saturated heterocycles. The molecule has 0 spiro atoms. The molecular weight excluding hydrogens is 264 g/mol. The van der Waals surface area contributed by atoms with Crippen LogP contribution in [-0.2, 0) is 0 Å². The van der Waals surface area contributed by atoms with Crippen LogP contribution in [0.25, 0.3) is 0 Å². The molecule has 116 valence electrons. The maximum Gasteiger partial charge on any atom is 0.321 e. The topological polar surface area (TPSA) is 52.6 Å². The lowest BCUT2D eigenvalue weighted by atomic mass is 9.71. The van der Waals surface area contributed by atoms with E-state index in [0.29, 0.717) is 25.9 Å². The zero-order chi connectivity index (χ0) is 15.7. The molecule has 2 amide bonds. The fourth-order valence-corrected chi connectivity index (χ4v) is 2.76. The summed E-state index contributed by atoms with van der Waals surface area (Å²) in [6.07, 6.45) is 1.25. The van der Waals surface area contributed by atoms with Crippen molar-refractivity contribution in [2.75, 3.05) is 18.4 Å². The van der Waals surface area contributed by atoms with E-state index >= 15 is 0 Å². The summed E-state index contributed by atoms with van der Waals surface area (Å²) in [7, 11) is 0. The average molecular weight is 290 g/mol. The fraction of sp³-hybridized carbons (Fsp3) is 0.588. The van der Waals surface area contributed by atoms with E-state index in [1.54, 1.807) is 4.90 Å². The Morgan fingerprint density at radius 2 is 1.90 bits per heavy atom. The number of aliphatic hydroxyl groups is 1. The minimum absolute atomic E-state index is 0.0865. The van der Waals surface area contributed by atoms with Crippen LogP contribution in [0.15, 0.2) is 24.3 Å². The number of likely N-dealkylation sites (tertiary alicyclic amines) is 1. The highest BCUT2D eigenvalue weighted by atomic mass is 16.3. The molecule has 4 heteroatoms. The molecule has 1 aromatic carbocycles. The van der Waals surface area contributed by atoms with Crippen molar-refractivity contribution in [3.63, 3.8) is 0 Å². The summed E-state index contributed by atoms with van der Waals surface area (Å²) in [4.78, 5) is 14.1. The number of amides is 2. The molecule has 2 N–H and O–H groups in total. The van der Waals surface area contributed by atoms with Gasteiger partial charge in [0.1, 0.15) is 0 Å². The third kappa shape index (κ3) is 3.56. The highest BCUT2D eigenvalue weighted by molar-refractivity contribution is 5.89. The number of nitrogens with one attached hydrogen (secondary N) is 1. The first kappa shape index (κ1) is 15.8. The van der Waals surface area contributed by atoms with Crippen LogP contribution in [0.4, 0.5) is 10.5 Å². The summed E-state index contributed by atoms with van der Waals surface area (Å²) >= 11 is 0. The van der Waals surface area contributed by atoms with Crippen molar-refractivity contribution in [1.82, 2.24) is 4.90 Å². The van der Waals surface area contributed by atoms with E-state index in [0.717, 1.165) is 11.3 Å². The predicted octanol–water partition coefficient (Wildman–Crippen LogP) is 3.40. The van der Waals surface area contributed by atoms with Crippen LogP contribution in [0.2, 0.25) is 0 Å². The van der Waals surface area contributed by atoms with Gasteiger partial charge < -0.3 is 15.3 Å². The SMILES string of the molecule is Cc1cccc(NC(=O)N2CCC(O)(C(C)(C)C)CC2)c1. The van der Waals surface area contributed by atoms with Gasteiger partial charge in [-0.25, -0.2) is 4.79 Å². The number of piperidine rings is 1. The quantitative estimate of drug-likeness (QED) is 0.833. The van der Waals surface area contributed by atoms with Crippen molar-refractivity contribution in [2.45, 2.75) is 46.1 Å². The van der Waals surface area contributed by atoms with Crippen LogP contribution in [0.5, 0.6) is 0 Å². The van der Waals surface area contributed by atoms with Gasteiger partial charge in [-0.15, -0.1) is 0 Å². The van der Waals surface area contributed by atoms with E-state index < -0.39 is 5.60 Å². The van der Waals surface area contributed by atoms with Gasteiger partial charge in [0.2, 0.25) is 0 Å². The van der Waals surface area contributed by atoms with Crippen molar-refractivity contribution in [2.24, 2.45) is 5.41 Å². The van der Waals surface area contributed by atoms with Gasteiger partial charge in [0, 0.05) is 18.8 Å². The second-order valence-electron chi connectivity index (χ2n) is 7.07. The standard InChI is InChI=1S/C17H26N2O2/c1-13-6-5-7-14(12-13)18-15(20)19-10-8-17(21,9-11-19)16(2,3)4/h5-7,12,21H,8-11H2,1-4H3,(H,18,20). The Labute approximate surface area is 127 Å². The normalized spacial score (nSPS) is 18.4. The molecule has 0 radical (unpaired) electrons. The maximum atomic E-state index is 12.3. The molecule has 0 saturated carbocycles. The fourth-order valence-electron chi connectivity index (χ4n) is 2.76. The van der Waals surface area contributed by atoms with Gasteiger partial charge in [-0.3, -0.25) is 0 Å². The van der Waals surface area contributed by atoms with Crippen molar-refractivity contribution >= 4 is 11.7 Å². The molecule has 0 aliphatic carbocycles. The molecule has 1 aliphatic rings. The zero-order valence-electron chi connectivity index (χ0n) is 13.4. The molecule has 0 aromatic heterocycles. The van der Waals surface area contributed by atoms with Gasteiger partial charge in [0.05, 0.1) is 5.60 Å². The molecule has 0 unspecified atom stereocenters. The minimum atomic E-state index is -0.687. The monoisotopic (exact) mass is 290 g/mol. The average Bonchev–Trinajstić information content (AvgIpc) is 2.38. The number of rotatable bonds is 1. The number of benzene rings is 1. The van der Waals surface area contributed by atoms with Gasteiger partial charge >= 0.3 is 6.03 Å². The van der Waals surface area contributed by atoms with Crippen LogP contribution in [0, 0.1) is 12.3 Å². The molecular formula is C17H26N2O2. The second kappa shape index (κ2) is 5.68. The number of carbonyl (C=O) groups is 1. The molecule has 0 atom stereocenters. The molecule has 1 fully saturated rings. The van der Waals surface area contributed by atoms with E-state index in [1.807, 2.05) is 31.2 Å². The lowest BCUT2D eigenvalue weighted by molar-refractivity contribution is -0.0925. The van der Waals surface area contributed by atoms with Crippen LogP contribution >= 0.6 is 0 Å². The highest BCUT2D eigenvalue weighted by Gasteiger charge is 2.43. The number of urea groups is 1. The lowest BCUT2D eigenvalue weighted by Gasteiger charge is -2.46. The Morgan fingerprint density at radius 1 is 1.29 bits per heavy atom. The summed E-state index contributed by atoms with van der Waals surface area (Å²) in [5, 5.41) is 13.6. The zero-order valence-corrected chi connectivity index (χ0v) is 13.4. The summed E-state index contributed by atoms with van der Waals surface area (Å²) < 4.78 is 0. The molecule has 4 nitrogen and oxygen atoms in total. The molecule has 1 aliphatic heterocycles. The predicted molar refractivity (Wildman–Crippen MR) is 85.4 cm³/mol. The van der Waals surface area contributed by atoms with Crippen molar-refractivity contribution < 1.29 is 9.90 Å². The highest BCUT2D eigenvalue weighted by Crippen LogP contribution is 2.38. The van der Waals surface area contributed by atoms with Gasteiger partial charge in [-0.1, -0.05) is 32.9 Å². The second-order valence-corrected chi connectivity index (χ2v) is 7.07. The summed E-state index contributed by atoms with van der Waals surface area (Å²) in [6.45, 7) is 9.33. The number of hydrogen-bond acceptors (Lipinski definition) is 2. The van der Waals surface area contributed by atoms with E-state index in [-0.39, 0.29) is 11.4 Å². The first-order chi connectivity index (χ1) is 9.71. The largest absolute Gasteiger partial charge is 0.389 e. The number of anilines is 1. The van der Waals surface area contributed by atoms with E-state index in [9.17, 15) is 9.90 Å². The first-order valence-corrected chi connectivity index (χ1v) is 7.56. The first-order valence-electron chi connectivity index (χ1n) is 7.56. The Morgan fingerprint density at radius 3 is 2.43 bits per heavy atom. The lowest BCUT2D eigenvalue weighted by Crippen LogP contribution is -2.53. The molecule has 1 aromatic rings. The van der Waals surface area contributed by atoms with Crippen LogP contribution < -0.4 is 5.32 Å².